The van der Waals surface area contributed by atoms with Crippen LogP contribution in [0.1, 0.15) is 30.7 Å². The van der Waals surface area contributed by atoms with Gasteiger partial charge < -0.3 is 5.41 Å². The highest BCUT2D eigenvalue weighted by molar-refractivity contribution is 9.10. The van der Waals surface area contributed by atoms with Gasteiger partial charge in [-0.25, -0.2) is 0 Å². The zero-order chi connectivity index (χ0) is 12.5. The molecule has 0 fully saturated rings. The summed E-state index contributed by atoms with van der Waals surface area (Å²) >= 11 is 3.55. The van der Waals surface area contributed by atoms with E-state index in [0.29, 0.717) is 11.8 Å². The molecule has 0 saturated carbocycles. The molecule has 2 aliphatic carbocycles. The van der Waals surface area contributed by atoms with Crippen LogP contribution in [0, 0.1) is 11.3 Å². The van der Waals surface area contributed by atoms with Crippen molar-refractivity contribution in [3.63, 3.8) is 0 Å². The van der Waals surface area contributed by atoms with Crippen LogP contribution in [0.5, 0.6) is 0 Å². The minimum Gasteiger partial charge on any atom is -0.305 e. The first-order valence-electron chi connectivity index (χ1n) is 6.45. The second kappa shape index (κ2) is 4.85. The summed E-state index contributed by atoms with van der Waals surface area (Å²) in [4.78, 5) is 0. The lowest BCUT2D eigenvalue weighted by atomic mass is 9.70. The van der Waals surface area contributed by atoms with E-state index in [1.54, 1.807) is 0 Å². The number of hydrogen-bond donors (Lipinski definition) is 1. The van der Waals surface area contributed by atoms with E-state index in [-0.39, 0.29) is 0 Å². The van der Waals surface area contributed by atoms with Crippen LogP contribution in [0.25, 0.3) is 0 Å². The SMILES string of the molecule is N=C1C=C2C=CCCC2C(c2cccc(Br)c2)C1. The van der Waals surface area contributed by atoms with Crippen LogP contribution >= 0.6 is 15.9 Å². The van der Waals surface area contributed by atoms with Gasteiger partial charge in [0.15, 0.2) is 0 Å². The van der Waals surface area contributed by atoms with Gasteiger partial charge in [0.25, 0.3) is 0 Å². The van der Waals surface area contributed by atoms with Gasteiger partial charge in [0.1, 0.15) is 0 Å². The summed E-state index contributed by atoms with van der Waals surface area (Å²) in [6, 6.07) is 8.57. The molecule has 2 aliphatic rings. The third kappa shape index (κ3) is 2.22. The lowest BCUT2D eigenvalue weighted by molar-refractivity contribution is 0.455. The Morgan fingerprint density at radius 3 is 2.94 bits per heavy atom. The first-order chi connectivity index (χ1) is 8.74. The molecule has 0 amide bonds. The topological polar surface area (TPSA) is 23.9 Å². The summed E-state index contributed by atoms with van der Waals surface area (Å²) in [5.74, 6) is 1.07. The number of halogens is 1. The molecule has 0 radical (unpaired) electrons. The first-order valence-corrected chi connectivity index (χ1v) is 7.24. The van der Waals surface area contributed by atoms with E-state index in [4.69, 9.17) is 5.41 Å². The van der Waals surface area contributed by atoms with Crippen LogP contribution in [0.2, 0.25) is 0 Å². The van der Waals surface area contributed by atoms with E-state index in [1.807, 2.05) is 0 Å². The minimum absolute atomic E-state index is 0.472. The van der Waals surface area contributed by atoms with Crippen molar-refractivity contribution >= 4 is 21.6 Å². The predicted molar refractivity (Wildman–Crippen MR) is 79.2 cm³/mol. The molecule has 0 spiro atoms. The molecule has 92 valence electrons. The summed E-state index contributed by atoms with van der Waals surface area (Å²) < 4.78 is 1.13. The molecule has 0 bridgehead atoms. The highest BCUT2D eigenvalue weighted by atomic mass is 79.9. The maximum absolute atomic E-state index is 8.02. The summed E-state index contributed by atoms with van der Waals surface area (Å²) in [5.41, 5.74) is 3.47. The molecule has 1 N–H and O–H groups in total. The fraction of sp³-hybridized carbons (Fsp3) is 0.312. The van der Waals surface area contributed by atoms with Gasteiger partial charge in [-0.3, -0.25) is 0 Å². The third-order valence-electron chi connectivity index (χ3n) is 3.93. The van der Waals surface area contributed by atoms with Gasteiger partial charge in [0.05, 0.1) is 0 Å². The zero-order valence-electron chi connectivity index (χ0n) is 10.2. The van der Waals surface area contributed by atoms with Crippen molar-refractivity contribution in [2.75, 3.05) is 0 Å². The van der Waals surface area contributed by atoms with Crippen molar-refractivity contribution in [1.29, 1.82) is 5.41 Å². The predicted octanol–water partition coefficient (Wildman–Crippen LogP) is 4.85. The summed E-state index contributed by atoms with van der Waals surface area (Å²) in [6.07, 6.45) is 9.77. The van der Waals surface area contributed by atoms with Gasteiger partial charge in [-0.1, -0.05) is 40.2 Å². The van der Waals surface area contributed by atoms with Gasteiger partial charge in [0, 0.05) is 10.2 Å². The Kier molecular flexibility index (Phi) is 3.21. The Labute approximate surface area is 116 Å². The van der Waals surface area contributed by atoms with Crippen molar-refractivity contribution in [2.45, 2.75) is 25.2 Å². The van der Waals surface area contributed by atoms with Gasteiger partial charge in [-0.05, 0) is 60.4 Å². The molecule has 1 nitrogen and oxygen atoms in total. The smallest absolute Gasteiger partial charge is 0.0323 e. The lowest BCUT2D eigenvalue weighted by Gasteiger charge is -2.34. The Bertz CT molecular complexity index is 542. The van der Waals surface area contributed by atoms with Gasteiger partial charge in [-0.2, -0.15) is 0 Å². The van der Waals surface area contributed by atoms with Crippen LogP contribution < -0.4 is 0 Å². The highest BCUT2D eigenvalue weighted by Crippen LogP contribution is 2.42. The molecule has 2 unspecified atom stereocenters. The molecule has 0 heterocycles. The number of nitrogens with one attached hydrogen (secondary N) is 1. The summed E-state index contributed by atoms with van der Waals surface area (Å²) in [5, 5.41) is 8.02. The maximum Gasteiger partial charge on any atom is 0.0323 e. The van der Waals surface area contributed by atoms with Crippen LogP contribution in [-0.2, 0) is 0 Å². The molecule has 1 aromatic rings. The van der Waals surface area contributed by atoms with Crippen LogP contribution in [0.3, 0.4) is 0 Å². The zero-order valence-corrected chi connectivity index (χ0v) is 11.8. The molecule has 0 aliphatic heterocycles. The molecule has 2 heteroatoms. The monoisotopic (exact) mass is 301 g/mol. The summed E-state index contributed by atoms with van der Waals surface area (Å²) in [6.45, 7) is 0. The van der Waals surface area contributed by atoms with Crippen molar-refractivity contribution in [1.82, 2.24) is 0 Å². The molecule has 0 aromatic heterocycles. The third-order valence-corrected chi connectivity index (χ3v) is 4.42. The average molecular weight is 302 g/mol. The van der Waals surface area contributed by atoms with Crippen LogP contribution in [0.15, 0.2) is 52.5 Å². The van der Waals surface area contributed by atoms with Crippen LogP contribution in [0.4, 0.5) is 0 Å². The van der Waals surface area contributed by atoms with E-state index in [0.717, 1.165) is 16.6 Å². The molecule has 2 atom stereocenters. The summed E-state index contributed by atoms with van der Waals surface area (Å²) in [7, 11) is 0. The quantitative estimate of drug-likeness (QED) is 0.767. The Balaban J connectivity index is 2.00. The number of allylic oxidation sites excluding steroid dienone is 4. The lowest BCUT2D eigenvalue weighted by Crippen LogP contribution is -2.24. The Morgan fingerprint density at radius 1 is 1.22 bits per heavy atom. The fourth-order valence-electron chi connectivity index (χ4n) is 3.10. The number of hydrogen-bond acceptors (Lipinski definition) is 1. The molecule has 18 heavy (non-hydrogen) atoms. The van der Waals surface area contributed by atoms with Crippen LogP contribution in [-0.4, -0.2) is 5.71 Å². The second-order valence-electron chi connectivity index (χ2n) is 5.12. The molecular formula is C16H16BrN. The van der Waals surface area contributed by atoms with E-state index in [1.165, 1.54) is 24.0 Å². The fourth-order valence-corrected chi connectivity index (χ4v) is 3.52. The largest absolute Gasteiger partial charge is 0.305 e. The maximum atomic E-state index is 8.02. The van der Waals surface area contributed by atoms with Gasteiger partial charge in [-0.15, -0.1) is 0 Å². The molecule has 1 aromatic carbocycles. The van der Waals surface area contributed by atoms with E-state index in [9.17, 15) is 0 Å². The van der Waals surface area contributed by atoms with Crippen molar-refractivity contribution < 1.29 is 0 Å². The van der Waals surface area contributed by atoms with E-state index in [2.05, 4.69) is 58.4 Å². The molecule has 3 rings (SSSR count). The molecule has 0 saturated heterocycles. The Morgan fingerprint density at radius 2 is 2.11 bits per heavy atom. The highest BCUT2D eigenvalue weighted by Gasteiger charge is 2.30. The van der Waals surface area contributed by atoms with Crippen molar-refractivity contribution in [2.24, 2.45) is 5.92 Å². The number of rotatable bonds is 1. The minimum atomic E-state index is 0.472. The standard InChI is InChI=1S/C16H16BrN/c17-13-6-3-5-11(8-13)16-10-14(18)9-12-4-1-2-7-15(12)16/h1,3-6,8-9,15-16,18H,2,7,10H2. The van der Waals surface area contributed by atoms with Crippen molar-refractivity contribution in [3.05, 3.63) is 58.1 Å². The Hall–Kier alpha value is -1.15. The second-order valence-corrected chi connectivity index (χ2v) is 6.04. The first kappa shape index (κ1) is 11.9. The number of benzene rings is 1. The van der Waals surface area contributed by atoms with E-state index < -0.39 is 0 Å². The number of fused-ring (bicyclic) bond motifs is 1. The van der Waals surface area contributed by atoms with Gasteiger partial charge >= 0.3 is 0 Å². The average Bonchev–Trinajstić information content (AvgIpc) is 2.37. The van der Waals surface area contributed by atoms with E-state index >= 15 is 0 Å². The normalized spacial score (nSPS) is 26.7. The molecular weight excluding hydrogens is 286 g/mol. The van der Waals surface area contributed by atoms with Crippen molar-refractivity contribution in [3.8, 4) is 0 Å². The van der Waals surface area contributed by atoms with Gasteiger partial charge in [0.2, 0.25) is 0 Å².